The summed E-state index contributed by atoms with van der Waals surface area (Å²) in [6.07, 6.45) is 8.70. The Hall–Kier alpha value is -3.22. The summed E-state index contributed by atoms with van der Waals surface area (Å²) < 4.78 is 44.0. The maximum Gasteiger partial charge on any atom is 0.407 e. The molecule has 3 fully saturated rings. The summed E-state index contributed by atoms with van der Waals surface area (Å²) in [6, 6.07) is 4.64. The maximum absolute atomic E-state index is 14.0. The largest absolute Gasteiger partial charge is 0.444 e. The van der Waals surface area contributed by atoms with Gasteiger partial charge in [0.1, 0.15) is 18.3 Å². The predicted molar refractivity (Wildman–Crippen MR) is 172 cm³/mol. The molecule has 13 heteroatoms. The molecule has 0 aromatic heterocycles. The van der Waals surface area contributed by atoms with E-state index in [0.29, 0.717) is 43.8 Å². The van der Waals surface area contributed by atoms with Crippen molar-refractivity contribution in [3.8, 4) is 0 Å². The number of nitrogens with one attached hydrogen (secondary N) is 3. The number of carbonyl (C=O) groups is 4. The molecule has 0 unspecified atom stereocenters. The van der Waals surface area contributed by atoms with E-state index in [1.54, 1.807) is 37.8 Å². The number of ether oxygens (including phenoxy) is 1. The third-order valence-corrected chi connectivity index (χ3v) is 10.1. The van der Waals surface area contributed by atoms with Gasteiger partial charge in [-0.25, -0.2) is 22.3 Å². The second kappa shape index (κ2) is 15.1. The summed E-state index contributed by atoms with van der Waals surface area (Å²) in [7, 11) is -3.72. The van der Waals surface area contributed by atoms with Crippen LogP contribution < -0.4 is 15.4 Å². The van der Waals surface area contributed by atoms with Gasteiger partial charge in [-0.3, -0.25) is 14.4 Å². The molecule has 0 spiro atoms. The molecule has 2 aliphatic carbocycles. The topological polar surface area (TPSA) is 151 Å². The van der Waals surface area contributed by atoms with Crippen molar-refractivity contribution in [2.45, 2.75) is 103 Å². The number of hydrogen-bond acceptors (Lipinski definition) is 7. The molecule has 46 heavy (non-hydrogen) atoms. The molecule has 11 nitrogen and oxygen atoms in total. The van der Waals surface area contributed by atoms with Crippen molar-refractivity contribution in [2.24, 2.45) is 23.7 Å². The highest BCUT2D eigenvalue weighted by molar-refractivity contribution is 7.89. The number of hydrogen-bond donors (Lipinski definition) is 3. The van der Waals surface area contributed by atoms with Crippen molar-refractivity contribution >= 4 is 39.5 Å². The molecule has 1 heterocycles. The van der Waals surface area contributed by atoms with E-state index in [1.807, 2.05) is 4.72 Å². The third kappa shape index (κ3) is 9.65. The first kappa shape index (κ1) is 35.6. The Labute approximate surface area is 271 Å². The van der Waals surface area contributed by atoms with Gasteiger partial charge in [-0.1, -0.05) is 32.1 Å². The van der Waals surface area contributed by atoms with Gasteiger partial charge in [0.15, 0.2) is 0 Å². The highest BCUT2D eigenvalue weighted by Gasteiger charge is 2.47. The molecule has 4 rings (SSSR count). The molecular formula is C33H49FN4O7S. The first-order chi connectivity index (χ1) is 21.6. The van der Waals surface area contributed by atoms with E-state index in [9.17, 15) is 32.0 Å². The van der Waals surface area contributed by atoms with E-state index in [4.69, 9.17) is 4.74 Å². The van der Waals surface area contributed by atoms with Crippen LogP contribution >= 0.6 is 0 Å². The number of anilines is 1. The number of rotatable bonds is 9. The van der Waals surface area contributed by atoms with Gasteiger partial charge in [0.2, 0.25) is 21.8 Å². The summed E-state index contributed by atoms with van der Waals surface area (Å²) in [6.45, 7) is 5.02. The number of likely N-dealkylation sites (tertiary alicyclic amines) is 1. The minimum absolute atomic E-state index is 0.0364. The van der Waals surface area contributed by atoms with Crippen molar-refractivity contribution in [2.75, 3.05) is 24.8 Å². The monoisotopic (exact) mass is 664 g/mol. The summed E-state index contributed by atoms with van der Waals surface area (Å²) in [5.41, 5.74) is -0.116. The van der Waals surface area contributed by atoms with Crippen molar-refractivity contribution in [3.63, 3.8) is 0 Å². The fourth-order valence-corrected chi connectivity index (χ4v) is 7.80. The predicted octanol–water partition coefficient (Wildman–Crippen LogP) is 4.78. The Morgan fingerprint density at radius 2 is 1.59 bits per heavy atom. The minimum atomic E-state index is -3.72. The smallest absolute Gasteiger partial charge is 0.407 e. The number of sulfonamides is 1. The molecule has 256 valence electrons. The molecule has 1 saturated heterocycles. The van der Waals surface area contributed by atoms with Gasteiger partial charge in [0.25, 0.3) is 5.91 Å². The van der Waals surface area contributed by atoms with Gasteiger partial charge in [-0.15, -0.1) is 0 Å². The molecule has 1 aliphatic heterocycles. The van der Waals surface area contributed by atoms with E-state index in [1.165, 1.54) is 18.6 Å². The van der Waals surface area contributed by atoms with E-state index in [0.717, 1.165) is 38.4 Å². The lowest BCUT2D eigenvalue weighted by Crippen LogP contribution is -2.50. The highest BCUT2D eigenvalue weighted by Crippen LogP contribution is 2.41. The summed E-state index contributed by atoms with van der Waals surface area (Å²) >= 11 is 0. The Kier molecular flexibility index (Phi) is 11.7. The molecule has 4 amide bonds. The average molecular weight is 665 g/mol. The summed E-state index contributed by atoms with van der Waals surface area (Å²) in [4.78, 5) is 54.1. The van der Waals surface area contributed by atoms with E-state index in [-0.39, 0.29) is 35.1 Å². The third-order valence-electron chi connectivity index (χ3n) is 9.50. The first-order valence-electron chi connectivity index (χ1n) is 16.4. The standard InChI is InChI=1S/C33H49FN4O7S/c1-33(2,3)45-32(42)36-27(20-34)22-10-12-24(13-11-22)31(41)38-19-18-26(21-8-6-5-7-9-21)28(38)30(40)35-25-16-14-23(15-17-25)29(39)37-46(4,43)44/h14-17,21-22,24,26-28H,5-13,18-20H2,1-4H3,(H,35,40)(H,36,42)(H,37,39)/t22?,24?,26-,27+,28-/m0/s1. The number of alkyl carbamates (subject to hydrolysis) is 1. The Morgan fingerprint density at radius 3 is 2.15 bits per heavy atom. The zero-order valence-electron chi connectivity index (χ0n) is 27.3. The number of amides is 4. The summed E-state index contributed by atoms with van der Waals surface area (Å²) in [5, 5.41) is 5.61. The molecule has 0 bridgehead atoms. The van der Waals surface area contributed by atoms with Crippen LogP contribution in [0.3, 0.4) is 0 Å². The molecule has 3 N–H and O–H groups in total. The number of carbonyl (C=O) groups excluding carboxylic acids is 4. The number of nitrogens with zero attached hydrogens (tertiary/aromatic N) is 1. The quantitative estimate of drug-likeness (QED) is 0.344. The molecule has 2 saturated carbocycles. The van der Waals surface area contributed by atoms with E-state index >= 15 is 0 Å². The van der Waals surface area contributed by atoms with Crippen LogP contribution in [0.25, 0.3) is 0 Å². The molecule has 3 atom stereocenters. The Balaban J connectivity index is 1.43. The van der Waals surface area contributed by atoms with E-state index in [2.05, 4.69) is 10.6 Å². The number of halogens is 1. The van der Waals surface area contributed by atoms with Crippen LogP contribution in [0.2, 0.25) is 0 Å². The van der Waals surface area contributed by atoms with Gasteiger partial charge < -0.3 is 20.3 Å². The van der Waals surface area contributed by atoms with Crippen LogP contribution in [-0.2, 0) is 24.3 Å². The molecule has 3 aliphatic rings. The molecular weight excluding hydrogens is 615 g/mol. The lowest BCUT2D eigenvalue weighted by Gasteiger charge is -2.37. The second-order valence-electron chi connectivity index (χ2n) is 14.1. The van der Waals surface area contributed by atoms with Crippen molar-refractivity contribution in [3.05, 3.63) is 29.8 Å². The summed E-state index contributed by atoms with van der Waals surface area (Å²) in [5.74, 6) is -1.11. The van der Waals surface area contributed by atoms with Crippen LogP contribution in [0.5, 0.6) is 0 Å². The van der Waals surface area contributed by atoms with Crippen LogP contribution in [0.15, 0.2) is 24.3 Å². The maximum atomic E-state index is 14.0. The number of alkyl halides is 1. The average Bonchev–Trinajstić information content (AvgIpc) is 3.44. The highest BCUT2D eigenvalue weighted by atomic mass is 32.2. The number of benzene rings is 1. The van der Waals surface area contributed by atoms with Gasteiger partial charge in [0.05, 0.1) is 12.3 Å². The Morgan fingerprint density at radius 1 is 0.957 bits per heavy atom. The second-order valence-corrected chi connectivity index (χ2v) is 15.9. The molecule has 1 aromatic rings. The lowest BCUT2D eigenvalue weighted by molar-refractivity contribution is -0.142. The molecule has 0 radical (unpaired) electrons. The zero-order chi connectivity index (χ0) is 33.6. The zero-order valence-corrected chi connectivity index (χ0v) is 28.2. The van der Waals surface area contributed by atoms with Crippen LogP contribution in [0.4, 0.5) is 14.9 Å². The van der Waals surface area contributed by atoms with Crippen LogP contribution in [-0.4, -0.2) is 74.3 Å². The minimum Gasteiger partial charge on any atom is -0.444 e. The fraction of sp³-hybridized carbons (Fsp3) is 0.697. The van der Waals surface area contributed by atoms with Crippen molar-refractivity contribution in [1.29, 1.82) is 0 Å². The van der Waals surface area contributed by atoms with E-state index < -0.39 is 46.4 Å². The fourth-order valence-electron chi connectivity index (χ4n) is 7.35. The van der Waals surface area contributed by atoms with Crippen LogP contribution in [0.1, 0.15) is 95.3 Å². The SMILES string of the molecule is CC(C)(C)OC(=O)N[C@H](CF)C1CCC(C(=O)N2CC[C@@H](C3CCCCC3)[C@H]2C(=O)Nc2ccc(C(=O)NS(C)(=O)=O)cc2)CC1. The molecule has 1 aromatic carbocycles. The van der Waals surface area contributed by atoms with Crippen molar-refractivity contribution in [1.82, 2.24) is 14.9 Å². The van der Waals surface area contributed by atoms with Gasteiger partial charge in [-0.05, 0) is 94.9 Å². The van der Waals surface area contributed by atoms with Gasteiger partial charge in [-0.2, -0.15) is 0 Å². The van der Waals surface area contributed by atoms with Gasteiger partial charge in [0, 0.05) is 23.7 Å². The normalized spacial score (nSPS) is 24.9. The lowest BCUT2D eigenvalue weighted by atomic mass is 9.76. The first-order valence-corrected chi connectivity index (χ1v) is 18.3. The Bertz CT molecular complexity index is 1350. The van der Waals surface area contributed by atoms with Crippen molar-refractivity contribution < 1.29 is 36.7 Å². The van der Waals surface area contributed by atoms with Crippen LogP contribution in [0, 0.1) is 23.7 Å². The van der Waals surface area contributed by atoms with Gasteiger partial charge >= 0.3 is 6.09 Å².